The molecule has 6 heteroatoms. The van der Waals surface area contributed by atoms with Crippen LogP contribution in [0.1, 0.15) is 5.89 Å². The summed E-state index contributed by atoms with van der Waals surface area (Å²) in [5, 5.41) is 9.04. The maximum atomic E-state index is 12.2. The molecule has 4 rings (SSSR count). The third-order valence-electron chi connectivity index (χ3n) is 3.57. The quantitative estimate of drug-likeness (QED) is 0.581. The van der Waals surface area contributed by atoms with Crippen LogP contribution in [0.5, 0.6) is 0 Å². The van der Waals surface area contributed by atoms with E-state index in [2.05, 4.69) is 15.2 Å². The van der Waals surface area contributed by atoms with Gasteiger partial charge in [-0.15, -0.1) is 10.2 Å². The van der Waals surface area contributed by atoms with Crippen molar-refractivity contribution in [3.05, 3.63) is 77.2 Å². The molecule has 0 unspecified atom stereocenters. The van der Waals surface area contributed by atoms with Crippen LogP contribution in [0, 0.1) is 0 Å². The summed E-state index contributed by atoms with van der Waals surface area (Å²) in [5.41, 5.74) is 1.47. The largest absolute Gasteiger partial charge is 0.419 e. The molecule has 0 fully saturated rings. The Bertz CT molecular complexity index is 1020. The summed E-state index contributed by atoms with van der Waals surface area (Å²) in [4.78, 5) is 16.2. The third-order valence-corrected chi connectivity index (χ3v) is 3.57. The zero-order valence-electron chi connectivity index (χ0n) is 12.1. The minimum Gasteiger partial charge on any atom is -0.419 e. The fourth-order valence-electron chi connectivity index (χ4n) is 2.47. The highest BCUT2D eigenvalue weighted by Gasteiger charge is 2.11. The predicted octanol–water partition coefficient (Wildman–Crippen LogP) is 2.49. The van der Waals surface area contributed by atoms with Crippen molar-refractivity contribution in [3.8, 4) is 11.5 Å². The normalized spacial score (nSPS) is 11.0. The molecule has 3 heterocycles. The van der Waals surface area contributed by atoms with E-state index in [1.165, 1.54) is 0 Å². The Morgan fingerprint density at radius 3 is 2.78 bits per heavy atom. The molecule has 4 aromatic rings. The lowest BCUT2D eigenvalue weighted by atomic mass is 10.2. The summed E-state index contributed by atoms with van der Waals surface area (Å²) in [6, 6.07) is 14.7. The summed E-state index contributed by atoms with van der Waals surface area (Å²) in [5.74, 6) is 0.767. The maximum absolute atomic E-state index is 12.2. The topological polar surface area (TPSA) is 73.8 Å². The van der Waals surface area contributed by atoms with E-state index in [-0.39, 0.29) is 12.1 Å². The summed E-state index contributed by atoms with van der Waals surface area (Å²) in [6.45, 7) is 0.230. The Kier molecular flexibility index (Phi) is 3.20. The highest BCUT2D eigenvalue weighted by Crippen LogP contribution is 2.17. The van der Waals surface area contributed by atoms with Gasteiger partial charge in [-0.1, -0.05) is 18.2 Å². The summed E-state index contributed by atoms with van der Waals surface area (Å²) in [6.07, 6.45) is 3.33. The number of rotatable bonds is 3. The molecule has 0 aliphatic carbocycles. The van der Waals surface area contributed by atoms with E-state index >= 15 is 0 Å². The first-order valence-electron chi connectivity index (χ1n) is 7.13. The van der Waals surface area contributed by atoms with Gasteiger partial charge in [-0.05, 0) is 29.7 Å². The Labute approximate surface area is 131 Å². The third kappa shape index (κ3) is 2.50. The van der Waals surface area contributed by atoms with Gasteiger partial charge < -0.3 is 4.42 Å². The molecule has 1 aromatic carbocycles. The van der Waals surface area contributed by atoms with Gasteiger partial charge >= 0.3 is 0 Å². The van der Waals surface area contributed by atoms with Crippen LogP contribution in [-0.4, -0.2) is 19.7 Å². The molecule has 0 saturated carbocycles. The maximum Gasteiger partial charge on any atom is 0.251 e. The Balaban J connectivity index is 1.73. The monoisotopic (exact) mass is 304 g/mol. The SMILES string of the molecule is O=c1ccc2ccccc2n1Cc1nnc(-c2cccnc2)o1. The average molecular weight is 304 g/mol. The molecule has 0 amide bonds. The van der Waals surface area contributed by atoms with Gasteiger partial charge in [0.1, 0.15) is 6.54 Å². The van der Waals surface area contributed by atoms with Gasteiger partial charge in [0, 0.05) is 18.5 Å². The van der Waals surface area contributed by atoms with Crippen molar-refractivity contribution in [2.75, 3.05) is 0 Å². The van der Waals surface area contributed by atoms with Gasteiger partial charge in [0.05, 0.1) is 11.1 Å². The number of nitrogens with zero attached hydrogens (tertiary/aromatic N) is 4. The first-order chi connectivity index (χ1) is 11.3. The van der Waals surface area contributed by atoms with E-state index in [1.807, 2.05) is 36.4 Å². The number of fused-ring (bicyclic) bond motifs is 1. The van der Waals surface area contributed by atoms with Crippen LogP contribution in [0.15, 0.2) is 70.1 Å². The fourth-order valence-corrected chi connectivity index (χ4v) is 2.47. The Morgan fingerprint density at radius 1 is 1.00 bits per heavy atom. The zero-order valence-corrected chi connectivity index (χ0v) is 12.1. The molecular formula is C17H12N4O2. The summed E-state index contributed by atoms with van der Waals surface area (Å²) >= 11 is 0. The molecule has 0 aliphatic rings. The molecule has 0 spiro atoms. The van der Waals surface area contributed by atoms with E-state index in [0.29, 0.717) is 11.8 Å². The minimum atomic E-state index is -0.107. The van der Waals surface area contributed by atoms with Gasteiger partial charge in [-0.3, -0.25) is 14.3 Å². The molecule has 6 nitrogen and oxygen atoms in total. The number of hydrogen-bond donors (Lipinski definition) is 0. The van der Waals surface area contributed by atoms with E-state index in [0.717, 1.165) is 16.5 Å². The van der Waals surface area contributed by atoms with E-state index < -0.39 is 0 Å². The van der Waals surface area contributed by atoms with Gasteiger partial charge in [0.15, 0.2) is 0 Å². The molecule has 0 aliphatic heterocycles. The first kappa shape index (κ1) is 13.4. The molecular weight excluding hydrogens is 292 g/mol. The van der Waals surface area contributed by atoms with Gasteiger partial charge in [-0.25, -0.2) is 0 Å². The first-order valence-corrected chi connectivity index (χ1v) is 7.13. The van der Waals surface area contributed by atoms with Crippen molar-refractivity contribution >= 4 is 10.9 Å². The fraction of sp³-hybridized carbons (Fsp3) is 0.0588. The van der Waals surface area contributed by atoms with Gasteiger partial charge in [0.2, 0.25) is 11.8 Å². The number of para-hydroxylation sites is 1. The van der Waals surface area contributed by atoms with E-state index in [4.69, 9.17) is 4.42 Å². The second kappa shape index (κ2) is 5.49. The van der Waals surface area contributed by atoms with Crippen LogP contribution < -0.4 is 5.56 Å². The Morgan fingerprint density at radius 2 is 1.91 bits per heavy atom. The Hall–Kier alpha value is -3.28. The number of benzene rings is 1. The molecule has 0 saturated heterocycles. The highest BCUT2D eigenvalue weighted by molar-refractivity contribution is 5.78. The average Bonchev–Trinajstić information content (AvgIpc) is 3.07. The van der Waals surface area contributed by atoms with Crippen LogP contribution in [0.2, 0.25) is 0 Å². The van der Waals surface area contributed by atoms with Gasteiger partial charge in [-0.2, -0.15) is 0 Å². The van der Waals surface area contributed by atoms with E-state index in [9.17, 15) is 4.79 Å². The lowest BCUT2D eigenvalue weighted by molar-refractivity contribution is 0.488. The van der Waals surface area contributed by atoms with Crippen molar-refractivity contribution in [3.63, 3.8) is 0 Å². The van der Waals surface area contributed by atoms with Crippen molar-refractivity contribution in [2.24, 2.45) is 0 Å². The predicted molar refractivity (Wildman–Crippen MR) is 84.8 cm³/mol. The van der Waals surface area contributed by atoms with Gasteiger partial charge in [0.25, 0.3) is 5.56 Å². The van der Waals surface area contributed by atoms with Crippen molar-refractivity contribution < 1.29 is 4.42 Å². The summed E-state index contributed by atoms with van der Waals surface area (Å²) < 4.78 is 7.28. The number of pyridine rings is 2. The lowest BCUT2D eigenvalue weighted by Crippen LogP contribution is -2.20. The standard InChI is InChI=1S/C17H12N4O2/c22-16-8-7-12-4-1-2-6-14(12)21(16)11-15-19-20-17(23-15)13-5-3-9-18-10-13/h1-10H,11H2. The zero-order chi connectivity index (χ0) is 15.6. The molecule has 112 valence electrons. The summed E-state index contributed by atoms with van der Waals surface area (Å²) in [7, 11) is 0. The minimum absolute atomic E-state index is 0.107. The second-order valence-electron chi connectivity index (χ2n) is 5.06. The highest BCUT2D eigenvalue weighted by atomic mass is 16.4. The van der Waals surface area contributed by atoms with Crippen LogP contribution >= 0.6 is 0 Å². The molecule has 23 heavy (non-hydrogen) atoms. The van der Waals surface area contributed by atoms with E-state index in [1.54, 1.807) is 29.1 Å². The smallest absolute Gasteiger partial charge is 0.251 e. The van der Waals surface area contributed by atoms with Crippen LogP contribution in [0.4, 0.5) is 0 Å². The molecule has 0 atom stereocenters. The van der Waals surface area contributed by atoms with Crippen molar-refractivity contribution in [1.29, 1.82) is 0 Å². The molecule has 0 radical (unpaired) electrons. The van der Waals surface area contributed by atoms with Crippen molar-refractivity contribution in [1.82, 2.24) is 19.7 Å². The number of hydrogen-bond acceptors (Lipinski definition) is 5. The molecule has 0 N–H and O–H groups in total. The molecule has 0 bridgehead atoms. The van der Waals surface area contributed by atoms with Crippen LogP contribution in [-0.2, 0) is 6.54 Å². The van der Waals surface area contributed by atoms with Crippen LogP contribution in [0.25, 0.3) is 22.4 Å². The lowest BCUT2D eigenvalue weighted by Gasteiger charge is -2.07. The second-order valence-corrected chi connectivity index (χ2v) is 5.06. The van der Waals surface area contributed by atoms with Crippen LogP contribution in [0.3, 0.4) is 0 Å². The van der Waals surface area contributed by atoms with Crippen molar-refractivity contribution in [2.45, 2.75) is 6.54 Å². The molecule has 3 aromatic heterocycles. The number of aromatic nitrogens is 4.